The van der Waals surface area contributed by atoms with Crippen molar-refractivity contribution in [2.24, 2.45) is 0 Å². The predicted octanol–water partition coefficient (Wildman–Crippen LogP) is 4.19. The minimum Gasteiger partial charge on any atom is -0.496 e. The van der Waals surface area contributed by atoms with Gasteiger partial charge in [0.15, 0.2) is 0 Å². The fourth-order valence-electron chi connectivity index (χ4n) is 2.03. The number of nitrogens with one attached hydrogen (secondary N) is 1. The molecular formula is C14H22ClNO. The molecule has 1 aromatic carbocycles. The van der Waals surface area contributed by atoms with Gasteiger partial charge in [-0.15, -0.1) is 0 Å². The standard InChI is InChI=1S/C14H22ClNO/c1-4-5-6-7-13(16-2)12-9-8-11(15)10-14(12)17-3/h8-10,13,16H,4-7H2,1-3H3. The molecule has 0 aromatic heterocycles. The molecule has 1 unspecified atom stereocenters. The average molecular weight is 256 g/mol. The first kappa shape index (κ1) is 14.3. The molecule has 0 spiro atoms. The normalized spacial score (nSPS) is 12.5. The van der Waals surface area contributed by atoms with Crippen molar-refractivity contribution in [3.05, 3.63) is 28.8 Å². The monoisotopic (exact) mass is 255 g/mol. The van der Waals surface area contributed by atoms with Gasteiger partial charge in [-0.05, 0) is 25.6 Å². The Morgan fingerprint density at radius 1 is 1.35 bits per heavy atom. The molecule has 0 saturated carbocycles. The Labute approximate surface area is 109 Å². The fourth-order valence-corrected chi connectivity index (χ4v) is 2.19. The molecule has 1 atom stereocenters. The van der Waals surface area contributed by atoms with Crippen LogP contribution in [-0.2, 0) is 0 Å². The van der Waals surface area contributed by atoms with E-state index in [2.05, 4.69) is 12.2 Å². The molecular weight excluding hydrogens is 234 g/mol. The molecule has 0 aliphatic carbocycles. The van der Waals surface area contributed by atoms with Crippen LogP contribution in [0.25, 0.3) is 0 Å². The molecule has 0 aliphatic heterocycles. The van der Waals surface area contributed by atoms with E-state index in [9.17, 15) is 0 Å². The molecule has 0 aliphatic rings. The number of hydrogen-bond donors (Lipinski definition) is 1. The molecule has 0 bridgehead atoms. The van der Waals surface area contributed by atoms with Crippen LogP contribution in [0.2, 0.25) is 5.02 Å². The van der Waals surface area contributed by atoms with Crippen LogP contribution < -0.4 is 10.1 Å². The van der Waals surface area contributed by atoms with Crippen LogP contribution in [0.5, 0.6) is 5.75 Å². The van der Waals surface area contributed by atoms with Gasteiger partial charge in [0.1, 0.15) is 5.75 Å². The average Bonchev–Trinajstić information content (AvgIpc) is 2.35. The first-order valence-corrected chi connectivity index (χ1v) is 6.61. The van der Waals surface area contributed by atoms with Crippen molar-refractivity contribution in [1.29, 1.82) is 0 Å². The molecule has 96 valence electrons. The third-order valence-electron chi connectivity index (χ3n) is 3.02. The predicted molar refractivity (Wildman–Crippen MR) is 73.9 cm³/mol. The van der Waals surface area contributed by atoms with Crippen LogP contribution in [0, 0.1) is 0 Å². The minimum atomic E-state index is 0.341. The zero-order valence-corrected chi connectivity index (χ0v) is 11.7. The Hall–Kier alpha value is -0.730. The van der Waals surface area contributed by atoms with Crippen molar-refractivity contribution in [2.75, 3.05) is 14.2 Å². The molecule has 3 heteroatoms. The summed E-state index contributed by atoms with van der Waals surface area (Å²) >= 11 is 5.97. The van der Waals surface area contributed by atoms with Crippen LogP contribution >= 0.6 is 11.6 Å². The maximum Gasteiger partial charge on any atom is 0.125 e. The second kappa shape index (κ2) is 7.57. The number of hydrogen-bond acceptors (Lipinski definition) is 2. The number of rotatable bonds is 7. The molecule has 0 fully saturated rings. The zero-order chi connectivity index (χ0) is 12.7. The van der Waals surface area contributed by atoms with Crippen molar-refractivity contribution in [3.8, 4) is 5.75 Å². The summed E-state index contributed by atoms with van der Waals surface area (Å²) in [6, 6.07) is 6.19. The highest BCUT2D eigenvalue weighted by Crippen LogP contribution is 2.30. The second-order valence-electron chi connectivity index (χ2n) is 4.22. The van der Waals surface area contributed by atoms with Crippen LogP contribution in [0.3, 0.4) is 0 Å². The number of ether oxygens (including phenoxy) is 1. The summed E-state index contributed by atoms with van der Waals surface area (Å²) < 4.78 is 5.39. The summed E-state index contributed by atoms with van der Waals surface area (Å²) in [6.07, 6.45) is 4.87. The molecule has 0 amide bonds. The summed E-state index contributed by atoms with van der Waals surface area (Å²) in [7, 11) is 3.68. The van der Waals surface area contributed by atoms with Crippen molar-refractivity contribution in [1.82, 2.24) is 5.32 Å². The minimum absolute atomic E-state index is 0.341. The summed E-state index contributed by atoms with van der Waals surface area (Å²) in [5, 5.41) is 4.07. The Morgan fingerprint density at radius 3 is 2.71 bits per heavy atom. The lowest BCUT2D eigenvalue weighted by Gasteiger charge is -2.19. The van der Waals surface area contributed by atoms with E-state index >= 15 is 0 Å². The number of halogens is 1. The van der Waals surface area contributed by atoms with E-state index < -0.39 is 0 Å². The lowest BCUT2D eigenvalue weighted by atomic mass is 9.99. The Balaban J connectivity index is 2.79. The largest absolute Gasteiger partial charge is 0.496 e. The maximum atomic E-state index is 5.97. The molecule has 0 heterocycles. The topological polar surface area (TPSA) is 21.3 Å². The van der Waals surface area contributed by atoms with Crippen molar-refractivity contribution >= 4 is 11.6 Å². The first-order chi connectivity index (χ1) is 8.22. The molecule has 0 saturated heterocycles. The smallest absolute Gasteiger partial charge is 0.125 e. The highest BCUT2D eigenvalue weighted by atomic mass is 35.5. The Kier molecular flexibility index (Phi) is 6.38. The molecule has 0 radical (unpaired) electrons. The van der Waals surface area contributed by atoms with E-state index in [1.54, 1.807) is 7.11 Å². The summed E-state index contributed by atoms with van der Waals surface area (Å²) in [5.74, 6) is 0.869. The van der Waals surface area contributed by atoms with Crippen LogP contribution in [0.1, 0.15) is 44.2 Å². The Morgan fingerprint density at radius 2 is 2.12 bits per heavy atom. The van der Waals surface area contributed by atoms with Crippen molar-refractivity contribution in [2.45, 2.75) is 38.6 Å². The van der Waals surface area contributed by atoms with Gasteiger partial charge < -0.3 is 10.1 Å². The van der Waals surface area contributed by atoms with Gasteiger partial charge in [0.05, 0.1) is 7.11 Å². The number of benzene rings is 1. The lowest BCUT2D eigenvalue weighted by molar-refractivity contribution is 0.397. The summed E-state index contributed by atoms with van der Waals surface area (Å²) in [5.41, 5.74) is 1.19. The molecule has 1 N–H and O–H groups in total. The van der Waals surface area contributed by atoms with Crippen LogP contribution in [0.15, 0.2) is 18.2 Å². The summed E-state index contributed by atoms with van der Waals surface area (Å²) in [6.45, 7) is 2.22. The van der Waals surface area contributed by atoms with Gasteiger partial charge in [-0.1, -0.05) is 43.9 Å². The van der Waals surface area contributed by atoms with Crippen molar-refractivity contribution in [3.63, 3.8) is 0 Å². The van der Waals surface area contributed by atoms with Crippen LogP contribution in [0.4, 0.5) is 0 Å². The van der Waals surface area contributed by atoms with Gasteiger partial charge in [0.25, 0.3) is 0 Å². The number of unbranched alkanes of at least 4 members (excludes halogenated alkanes) is 2. The third kappa shape index (κ3) is 4.21. The molecule has 1 rings (SSSR count). The quantitative estimate of drug-likeness (QED) is 0.738. The second-order valence-corrected chi connectivity index (χ2v) is 4.66. The molecule has 17 heavy (non-hydrogen) atoms. The highest BCUT2D eigenvalue weighted by molar-refractivity contribution is 6.30. The Bertz CT molecular complexity index is 341. The van der Waals surface area contributed by atoms with Gasteiger partial charge in [0, 0.05) is 16.6 Å². The van der Waals surface area contributed by atoms with E-state index in [1.807, 2.05) is 25.2 Å². The van der Waals surface area contributed by atoms with Crippen molar-refractivity contribution < 1.29 is 4.74 Å². The third-order valence-corrected chi connectivity index (χ3v) is 3.25. The van der Waals surface area contributed by atoms with E-state index in [4.69, 9.17) is 16.3 Å². The number of methoxy groups -OCH3 is 1. The molecule has 1 aromatic rings. The van der Waals surface area contributed by atoms with Gasteiger partial charge in [-0.25, -0.2) is 0 Å². The van der Waals surface area contributed by atoms with E-state index in [-0.39, 0.29) is 0 Å². The van der Waals surface area contributed by atoms with Crippen LogP contribution in [-0.4, -0.2) is 14.2 Å². The maximum absolute atomic E-state index is 5.97. The highest BCUT2D eigenvalue weighted by Gasteiger charge is 2.14. The lowest BCUT2D eigenvalue weighted by Crippen LogP contribution is -2.17. The fraction of sp³-hybridized carbons (Fsp3) is 0.571. The van der Waals surface area contributed by atoms with E-state index in [0.29, 0.717) is 11.1 Å². The van der Waals surface area contributed by atoms with E-state index in [1.165, 1.54) is 24.8 Å². The first-order valence-electron chi connectivity index (χ1n) is 6.23. The van der Waals surface area contributed by atoms with Gasteiger partial charge in [-0.2, -0.15) is 0 Å². The summed E-state index contributed by atoms with van der Waals surface area (Å²) in [4.78, 5) is 0. The van der Waals surface area contributed by atoms with Gasteiger partial charge in [-0.3, -0.25) is 0 Å². The van der Waals surface area contributed by atoms with Gasteiger partial charge >= 0.3 is 0 Å². The van der Waals surface area contributed by atoms with E-state index in [0.717, 1.165) is 12.2 Å². The van der Waals surface area contributed by atoms with Gasteiger partial charge in [0.2, 0.25) is 0 Å². The zero-order valence-electron chi connectivity index (χ0n) is 10.9. The molecule has 2 nitrogen and oxygen atoms in total. The SMILES string of the molecule is CCCCCC(NC)c1ccc(Cl)cc1OC.